The summed E-state index contributed by atoms with van der Waals surface area (Å²) in [5.74, 6) is -1.59. The number of unbranched alkanes of at least 4 members (excludes halogenated alkanes) is 36. The van der Waals surface area contributed by atoms with Gasteiger partial charge in [0.05, 0.1) is 26.4 Å². The van der Waals surface area contributed by atoms with E-state index >= 15 is 0 Å². The second kappa shape index (κ2) is 90.2. The summed E-state index contributed by atoms with van der Waals surface area (Å²) in [5, 5.41) is 20.7. The first kappa shape index (κ1) is 112. The van der Waals surface area contributed by atoms with Gasteiger partial charge in [-0.15, -0.1) is 0 Å². The van der Waals surface area contributed by atoms with Gasteiger partial charge < -0.3 is 34.2 Å². The first-order valence-corrected chi connectivity index (χ1v) is 49.4. The van der Waals surface area contributed by atoms with Crippen molar-refractivity contribution in [3.63, 3.8) is 0 Å². The van der Waals surface area contributed by atoms with E-state index in [0.717, 1.165) is 161 Å². The number of carbonyl (C=O) groups is 3. The number of rotatable bonds is 87. The van der Waals surface area contributed by atoms with Crippen LogP contribution in [0.4, 0.5) is 0 Å². The molecule has 0 bridgehead atoms. The van der Waals surface area contributed by atoms with Crippen molar-refractivity contribution in [3.05, 3.63) is 170 Å². The van der Waals surface area contributed by atoms with Crippen molar-refractivity contribution < 1.29 is 75.8 Å². The molecule has 18 heteroatoms. The maximum atomic E-state index is 13.0. The number of aliphatic hydroxyl groups is 2. The average Bonchev–Trinajstić information content (AvgIpc) is 0.900. The Hall–Kier alpha value is -5.09. The second-order valence-corrected chi connectivity index (χ2v) is 33.6. The van der Waals surface area contributed by atoms with Gasteiger partial charge in [0, 0.05) is 19.3 Å². The van der Waals surface area contributed by atoms with Gasteiger partial charge in [-0.1, -0.05) is 384 Å². The fraction of sp³-hybridized carbons (Fsp3) is 0.687. The van der Waals surface area contributed by atoms with E-state index in [0.29, 0.717) is 19.3 Å². The SMILES string of the molecule is CC/C=C\C/C=C\C/C=C\C/C=C\C/C=C\CCCCCCCCCCCCCCCCCCCC(=O)OCC(O)COP(=O)(O)OCC(O)COP(=O)(O)OCC(COC(=O)CCCCCCCCCCCCCCCCC/C=C\C/C=C\C/C=C\C/C=C\C/C=C\CC)OC(=O)CCCCCC/C=C\C/C=C\C/C=C\C/C=C\CC. The molecule has 0 rings (SSSR count). The number of aliphatic hydroxyl groups excluding tert-OH is 2. The van der Waals surface area contributed by atoms with Gasteiger partial charge in [0.15, 0.2) is 6.10 Å². The average molecular weight is 1680 g/mol. The number of phosphoric ester groups is 2. The van der Waals surface area contributed by atoms with E-state index in [4.69, 9.17) is 32.3 Å². The Balaban J connectivity index is 4.49. The van der Waals surface area contributed by atoms with Crippen LogP contribution in [0.5, 0.6) is 0 Å². The third kappa shape index (κ3) is 91.5. The molecule has 16 nitrogen and oxygen atoms in total. The lowest BCUT2D eigenvalue weighted by molar-refractivity contribution is -0.161. The monoisotopic (exact) mass is 1680 g/mol. The van der Waals surface area contributed by atoms with Gasteiger partial charge >= 0.3 is 33.6 Å². The molecule has 0 aliphatic rings. The van der Waals surface area contributed by atoms with Crippen LogP contribution < -0.4 is 0 Å². The molecule has 0 radical (unpaired) electrons. The van der Waals surface area contributed by atoms with Crippen LogP contribution in [0.25, 0.3) is 0 Å². The highest BCUT2D eigenvalue weighted by Crippen LogP contribution is 2.45. The van der Waals surface area contributed by atoms with E-state index in [9.17, 15) is 43.5 Å². The quantitative estimate of drug-likeness (QED) is 0.0146. The maximum Gasteiger partial charge on any atom is 0.472 e. The molecule has 0 spiro atoms. The molecule has 5 atom stereocenters. The molecule has 670 valence electrons. The number of ether oxygens (including phenoxy) is 3. The Morgan fingerprint density at radius 3 is 0.675 bits per heavy atom. The molecule has 0 fully saturated rings. The van der Waals surface area contributed by atoms with Crippen molar-refractivity contribution in [1.82, 2.24) is 0 Å². The topological polar surface area (TPSA) is 231 Å². The van der Waals surface area contributed by atoms with Crippen molar-refractivity contribution >= 4 is 33.6 Å². The van der Waals surface area contributed by atoms with Crippen LogP contribution in [-0.4, -0.2) is 95.9 Å². The van der Waals surface area contributed by atoms with Gasteiger partial charge in [-0.3, -0.25) is 32.5 Å². The van der Waals surface area contributed by atoms with Crippen LogP contribution in [0.3, 0.4) is 0 Å². The van der Waals surface area contributed by atoms with Gasteiger partial charge in [0.2, 0.25) is 0 Å². The Labute approximate surface area is 713 Å². The molecule has 0 heterocycles. The summed E-state index contributed by atoms with van der Waals surface area (Å²) in [7, 11) is -9.82. The number of allylic oxidation sites excluding steroid dienone is 28. The highest BCUT2D eigenvalue weighted by Gasteiger charge is 2.29. The van der Waals surface area contributed by atoms with Gasteiger partial charge in [-0.05, 0) is 148 Å². The van der Waals surface area contributed by atoms with E-state index in [1.807, 2.05) is 0 Å². The summed E-state index contributed by atoms with van der Waals surface area (Å²) < 4.78 is 61.4. The van der Waals surface area contributed by atoms with E-state index < -0.39 is 91.5 Å². The lowest BCUT2D eigenvalue weighted by Crippen LogP contribution is -2.30. The van der Waals surface area contributed by atoms with Crippen molar-refractivity contribution in [2.75, 3.05) is 39.6 Å². The summed E-state index contributed by atoms with van der Waals surface area (Å²) in [6.45, 7) is 2.35. The van der Waals surface area contributed by atoms with Crippen molar-refractivity contribution in [2.24, 2.45) is 0 Å². The predicted octanol–water partition coefficient (Wildman–Crippen LogP) is 28.7. The third-order valence-corrected chi connectivity index (χ3v) is 21.3. The summed E-state index contributed by atoms with van der Waals surface area (Å²) in [4.78, 5) is 59.0. The molecule has 5 unspecified atom stereocenters. The molecular formula is C99H168O16P2. The van der Waals surface area contributed by atoms with Crippen LogP contribution in [0.2, 0.25) is 0 Å². The first-order valence-electron chi connectivity index (χ1n) is 46.4. The fourth-order valence-corrected chi connectivity index (χ4v) is 14.1. The minimum atomic E-state index is -4.95. The van der Waals surface area contributed by atoms with E-state index in [1.165, 1.54) is 161 Å². The summed E-state index contributed by atoms with van der Waals surface area (Å²) >= 11 is 0. The number of hydrogen-bond acceptors (Lipinski definition) is 14. The predicted molar refractivity (Wildman–Crippen MR) is 491 cm³/mol. The van der Waals surface area contributed by atoms with Crippen LogP contribution in [0.15, 0.2) is 170 Å². The standard InChI is InChI=1S/C99H168O16P2/c1-4-7-10-13-16-19-22-25-28-31-33-35-37-39-41-43-45-46-48-50-51-53-55-57-59-62-64-67-70-73-76-79-82-85-97(102)109-88-94(100)89-111-116(105,106)112-90-95(101)91-113-117(107,108)114-93-96(115-99(104)87-84-81-78-75-72-69-66-61-30-27-24-21-18-15-12-9-6-3)92-110-98(103)86-83-80-77-74-71-68-65-63-60-58-56-54-52-49-47-44-42-40-38-36-34-32-29-26-23-20-17-14-11-8-5-2/h7-12,16-21,25-30,33-36,39-42,66,69,94-96,100-101H,4-6,13-15,22-24,31-32,37-38,43-65,67-68,70-93H2,1-3H3,(H,105,106)(H,107,108)/b10-7-,11-8-,12-9-,19-16-,20-17-,21-18-,28-25-,29-26-,30-27-,35-33-,36-34-,41-39-,42-40-,69-66-. The fourth-order valence-electron chi connectivity index (χ4n) is 12.5. The lowest BCUT2D eigenvalue weighted by atomic mass is 10.0. The first-order chi connectivity index (χ1) is 57.2. The van der Waals surface area contributed by atoms with Crippen molar-refractivity contribution in [2.45, 2.75) is 399 Å². The van der Waals surface area contributed by atoms with Crippen LogP contribution >= 0.6 is 15.6 Å². The highest BCUT2D eigenvalue weighted by molar-refractivity contribution is 7.47. The van der Waals surface area contributed by atoms with Gasteiger partial charge in [-0.25, -0.2) is 9.13 Å². The molecule has 0 saturated heterocycles. The van der Waals surface area contributed by atoms with E-state index in [2.05, 4.69) is 191 Å². The minimum Gasteiger partial charge on any atom is -0.463 e. The van der Waals surface area contributed by atoms with Crippen LogP contribution in [0, 0.1) is 0 Å². The second-order valence-electron chi connectivity index (χ2n) is 30.7. The smallest absolute Gasteiger partial charge is 0.463 e. The largest absolute Gasteiger partial charge is 0.472 e. The number of phosphoric acid groups is 2. The van der Waals surface area contributed by atoms with Crippen molar-refractivity contribution in [3.8, 4) is 0 Å². The zero-order chi connectivity index (χ0) is 85.1. The summed E-state index contributed by atoms with van der Waals surface area (Å²) in [6.07, 6.45) is 117. The molecule has 4 N–H and O–H groups in total. The molecule has 117 heavy (non-hydrogen) atoms. The molecule has 0 saturated carbocycles. The molecule has 0 aliphatic heterocycles. The number of carbonyl (C=O) groups excluding carboxylic acids is 3. The Morgan fingerprint density at radius 1 is 0.239 bits per heavy atom. The highest BCUT2D eigenvalue weighted by atomic mass is 31.2. The molecule has 0 aromatic heterocycles. The Morgan fingerprint density at radius 2 is 0.427 bits per heavy atom. The molecule has 0 aromatic rings. The van der Waals surface area contributed by atoms with Gasteiger partial charge in [0.1, 0.15) is 25.4 Å². The van der Waals surface area contributed by atoms with Crippen molar-refractivity contribution in [1.29, 1.82) is 0 Å². The Bertz CT molecular complexity index is 2810. The zero-order valence-corrected chi connectivity index (χ0v) is 75.6. The van der Waals surface area contributed by atoms with E-state index in [1.54, 1.807) is 0 Å². The summed E-state index contributed by atoms with van der Waals surface area (Å²) in [5.41, 5.74) is 0. The maximum absolute atomic E-state index is 13.0. The third-order valence-electron chi connectivity index (χ3n) is 19.4. The molecule has 0 aromatic carbocycles. The number of hydrogen-bond donors (Lipinski definition) is 4. The van der Waals surface area contributed by atoms with Crippen LogP contribution in [-0.2, 0) is 55.8 Å². The zero-order valence-electron chi connectivity index (χ0n) is 73.8. The summed E-state index contributed by atoms with van der Waals surface area (Å²) in [6, 6.07) is 0. The Kier molecular flexibility index (Phi) is 86.2. The molecular weight excluding hydrogens is 1510 g/mol. The van der Waals surface area contributed by atoms with Crippen LogP contribution in [0.1, 0.15) is 380 Å². The minimum absolute atomic E-state index is 0.0738. The van der Waals surface area contributed by atoms with Gasteiger partial charge in [0.25, 0.3) is 0 Å². The molecule has 0 amide bonds. The van der Waals surface area contributed by atoms with Gasteiger partial charge in [-0.2, -0.15) is 0 Å². The van der Waals surface area contributed by atoms with E-state index in [-0.39, 0.29) is 19.3 Å². The molecule has 0 aliphatic carbocycles. The normalized spacial score (nSPS) is 14.6. The lowest BCUT2D eigenvalue weighted by Gasteiger charge is -2.21. The number of esters is 3.